The number of carbonyl (C=O) groups is 2. The SMILES string of the molecule is CCCCCCCCCCC/C=C/C(OC(=O)CCCCCCCCCCCCCCCC)C(COP(=O)(O)OCC[N+](C)(C)C)NC(=O)CCCCCCCCCCCCCCCCCCCCCCC. The zero-order valence-electron chi connectivity index (χ0n) is 49.0. The van der Waals surface area contributed by atoms with Crippen LogP contribution >= 0.6 is 7.82 Å². The first-order valence-corrected chi connectivity index (χ1v) is 33.0. The van der Waals surface area contributed by atoms with Crippen LogP contribution in [0.25, 0.3) is 0 Å². The lowest BCUT2D eigenvalue weighted by molar-refractivity contribution is -0.870. The first-order chi connectivity index (χ1) is 34.9. The molecule has 0 bridgehead atoms. The van der Waals surface area contributed by atoms with Crippen molar-refractivity contribution >= 4 is 19.7 Å². The quantitative estimate of drug-likeness (QED) is 0.0205. The van der Waals surface area contributed by atoms with E-state index >= 15 is 0 Å². The van der Waals surface area contributed by atoms with Crippen LogP contribution in [-0.2, 0) is 27.9 Å². The predicted octanol–water partition coefficient (Wildman–Crippen LogP) is 19.2. The Morgan fingerprint density at radius 1 is 0.472 bits per heavy atom. The number of hydrogen-bond acceptors (Lipinski definition) is 6. The number of nitrogens with one attached hydrogen (secondary N) is 1. The van der Waals surface area contributed by atoms with E-state index in [0.717, 1.165) is 57.8 Å². The van der Waals surface area contributed by atoms with Crippen molar-refractivity contribution in [3.8, 4) is 0 Å². The van der Waals surface area contributed by atoms with Crippen LogP contribution in [0, 0.1) is 0 Å². The highest BCUT2D eigenvalue weighted by Crippen LogP contribution is 2.43. The van der Waals surface area contributed by atoms with E-state index < -0.39 is 20.0 Å². The van der Waals surface area contributed by atoms with Gasteiger partial charge in [0.1, 0.15) is 19.3 Å². The Hall–Kier alpha value is -1.25. The molecule has 3 unspecified atom stereocenters. The number of unbranched alkanes of at least 4 members (excludes halogenated alkanes) is 42. The molecule has 0 aromatic carbocycles. The zero-order chi connectivity index (χ0) is 52.9. The molecule has 0 rings (SSSR count). The van der Waals surface area contributed by atoms with Gasteiger partial charge in [-0.3, -0.25) is 18.6 Å². The molecule has 1 amide bonds. The Labute approximate surface area is 448 Å². The number of allylic oxidation sites excluding steroid dienone is 1. The van der Waals surface area contributed by atoms with E-state index in [2.05, 4.69) is 26.1 Å². The summed E-state index contributed by atoms with van der Waals surface area (Å²) in [5, 5.41) is 3.06. The highest BCUT2D eigenvalue weighted by atomic mass is 31.2. The fraction of sp³-hybridized carbons (Fsp3) is 0.935. The van der Waals surface area contributed by atoms with Gasteiger partial charge in [0.25, 0.3) is 0 Å². The predicted molar refractivity (Wildman–Crippen MR) is 310 cm³/mol. The molecule has 0 aromatic rings. The maximum Gasteiger partial charge on any atom is 0.472 e. The average Bonchev–Trinajstić information content (AvgIpc) is 3.34. The van der Waals surface area contributed by atoms with Crippen molar-refractivity contribution in [1.82, 2.24) is 5.32 Å². The smallest absolute Gasteiger partial charge is 0.456 e. The van der Waals surface area contributed by atoms with E-state index in [0.29, 0.717) is 23.9 Å². The molecule has 0 heterocycles. The number of carbonyl (C=O) groups excluding carboxylic acids is 2. The zero-order valence-corrected chi connectivity index (χ0v) is 49.9. The van der Waals surface area contributed by atoms with Crippen LogP contribution in [-0.4, -0.2) is 74.3 Å². The first-order valence-electron chi connectivity index (χ1n) is 31.5. The van der Waals surface area contributed by atoms with Gasteiger partial charge >= 0.3 is 13.8 Å². The van der Waals surface area contributed by atoms with Crippen LogP contribution in [0.1, 0.15) is 323 Å². The number of hydrogen-bond donors (Lipinski definition) is 2. The van der Waals surface area contributed by atoms with E-state index in [1.165, 1.54) is 231 Å². The molecule has 0 aliphatic rings. The molecule has 0 aliphatic heterocycles. The topological polar surface area (TPSA) is 111 Å². The van der Waals surface area contributed by atoms with Gasteiger partial charge in [0, 0.05) is 12.8 Å². The molecule has 0 saturated carbocycles. The Balaban J connectivity index is 5.11. The minimum Gasteiger partial charge on any atom is -0.456 e. The monoisotopic (exact) mass is 1040 g/mol. The second-order valence-electron chi connectivity index (χ2n) is 23.0. The summed E-state index contributed by atoms with van der Waals surface area (Å²) in [4.78, 5) is 37.7. The van der Waals surface area contributed by atoms with Crippen molar-refractivity contribution < 1.29 is 37.3 Å². The lowest BCUT2D eigenvalue weighted by Crippen LogP contribution is -2.47. The molecule has 10 heteroatoms. The largest absolute Gasteiger partial charge is 0.472 e. The van der Waals surface area contributed by atoms with Gasteiger partial charge in [0.2, 0.25) is 5.91 Å². The van der Waals surface area contributed by atoms with E-state index in [1.54, 1.807) is 0 Å². The van der Waals surface area contributed by atoms with Gasteiger partial charge in [-0.05, 0) is 31.8 Å². The number of amides is 1. The van der Waals surface area contributed by atoms with Gasteiger partial charge in [-0.25, -0.2) is 4.57 Å². The van der Waals surface area contributed by atoms with Gasteiger partial charge in [-0.15, -0.1) is 0 Å². The Morgan fingerprint density at radius 3 is 1.14 bits per heavy atom. The Kier molecular flexibility index (Phi) is 52.2. The lowest BCUT2D eigenvalue weighted by Gasteiger charge is -2.27. The second-order valence-corrected chi connectivity index (χ2v) is 24.4. The molecular weight excluding hydrogens is 916 g/mol. The summed E-state index contributed by atoms with van der Waals surface area (Å²) in [5.41, 5.74) is 0. The Morgan fingerprint density at radius 2 is 0.792 bits per heavy atom. The van der Waals surface area contributed by atoms with Crippen LogP contribution < -0.4 is 5.32 Å². The fourth-order valence-corrected chi connectivity index (χ4v) is 10.3. The molecular formula is C62H124N2O7P+. The minimum absolute atomic E-state index is 0.0457. The molecule has 2 N–H and O–H groups in total. The maximum atomic E-state index is 13.5. The van der Waals surface area contributed by atoms with Crippen molar-refractivity contribution in [3.05, 3.63) is 12.2 Å². The van der Waals surface area contributed by atoms with Crippen LogP contribution in [0.4, 0.5) is 0 Å². The van der Waals surface area contributed by atoms with Crippen molar-refractivity contribution in [1.29, 1.82) is 0 Å². The van der Waals surface area contributed by atoms with Crippen LogP contribution in [0.2, 0.25) is 0 Å². The Bertz CT molecular complexity index is 1240. The number of phosphoric acid groups is 1. The molecule has 72 heavy (non-hydrogen) atoms. The molecule has 0 radical (unpaired) electrons. The number of quaternary nitrogens is 1. The van der Waals surface area contributed by atoms with Gasteiger partial charge < -0.3 is 19.4 Å². The summed E-state index contributed by atoms with van der Waals surface area (Å²) in [6.07, 6.45) is 60.7. The number of esters is 1. The number of ether oxygens (including phenoxy) is 1. The highest BCUT2D eigenvalue weighted by molar-refractivity contribution is 7.47. The van der Waals surface area contributed by atoms with Gasteiger partial charge in [-0.2, -0.15) is 0 Å². The van der Waals surface area contributed by atoms with Crippen molar-refractivity contribution in [2.24, 2.45) is 0 Å². The van der Waals surface area contributed by atoms with Gasteiger partial charge in [-0.1, -0.05) is 290 Å². The van der Waals surface area contributed by atoms with E-state index in [4.69, 9.17) is 13.8 Å². The summed E-state index contributed by atoms with van der Waals surface area (Å²) in [7, 11) is 1.52. The molecule has 3 atom stereocenters. The molecule has 0 aromatic heterocycles. The van der Waals surface area contributed by atoms with Crippen molar-refractivity contribution in [2.45, 2.75) is 335 Å². The van der Waals surface area contributed by atoms with E-state index in [1.807, 2.05) is 33.3 Å². The van der Waals surface area contributed by atoms with Gasteiger partial charge in [0.05, 0.1) is 33.8 Å². The normalized spacial score (nSPS) is 13.7. The minimum atomic E-state index is -4.44. The summed E-state index contributed by atoms with van der Waals surface area (Å²) < 4.78 is 30.7. The summed E-state index contributed by atoms with van der Waals surface area (Å²) in [6.45, 7) is 7.06. The molecule has 0 aliphatic carbocycles. The van der Waals surface area contributed by atoms with Crippen LogP contribution in [0.3, 0.4) is 0 Å². The lowest BCUT2D eigenvalue weighted by atomic mass is 10.0. The number of likely N-dealkylation sites (N-methyl/N-ethyl adjacent to an activating group) is 1. The standard InChI is InChI=1S/C62H123N2O7P/c1-7-10-13-16-19-22-25-27-29-30-31-32-33-34-35-36-39-42-45-48-51-54-61(65)63-59(58-70-72(67,68)69-57-56-64(4,5)6)60(53-50-47-44-41-38-24-21-18-15-12-9-3)71-62(66)55-52-49-46-43-40-37-28-26-23-20-17-14-11-8-2/h50,53,59-60H,7-49,51-52,54-58H2,1-6H3,(H-,63,65,67,68)/p+1/b53-50+. The van der Waals surface area contributed by atoms with Crippen molar-refractivity contribution in [2.75, 3.05) is 40.9 Å². The number of nitrogens with zero attached hydrogens (tertiary/aromatic N) is 1. The van der Waals surface area contributed by atoms with E-state index in [-0.39, 0.29) is 25.1 Å². The molecule has 428 valence electrons. The first kappa shape index (κ1) is 70.8. The van der Waals surface area contributed by atoms with Crippen LogP contribution in [0.5, 0.6) is 0 Å². The van der Waals surface area contributed by atoms with Crippen molar-refractivity contribution in [3.63, 3.8) is 0 Å². The number of rotatable bonds is 58. The van der Waals surface area contributed by atoms with Gasteiger partial charge in [0.15, 0.2) is 0 Å². The highest BCUT2D eigenvalue weighted by Gasteiger charge is 2.30. The summed E-state index contributed by atoms with van der Waals surface area (Å²) >= 11 is 0. The summed E-state index contributed by atoms with van der Waals surface area (Å²) in [5.74, 6) is -0.484. The van der Waals surface area contributed by atoms with E-state index in [9.17, 15) is 19.0 Å². The van der Waals surface area contributed by atoms with Crippen LogP contribution in [0.15, 0.2) is 12.2 Å². The summed E-state index contributed by atoms with van der Waals surface area (Å²) in [6, 6.07) is -0.838. The molecule has 0 spiro atoms. The third-order valence-corrected chi connectivity index (χ3v) is 15.5. The average molecular weight is 1040 g/mol. The second kappa shape index (κ2) is 53.2. The maximum absolute atomic E-state index is 13.5. The fourth-order valence-electron chi connectivity index (χ4n) is 9.59. The molecule has 0 fully saturated rings. The number of phosphoric ester groups is 1. The molecule has 0 saturated heterocycles. The molecule has 9 nitrogen and oxygen atoms in total. The third kappa shape index (κ3) is 53.6. The third-order valence-electron chi connectivity index (χ3n) is 14.5.